The van der Waals surface area contributed by atoms with Crippen molar-refractivity contribution in [1.29, 1.82) is 0 Å². The van der Waals surface area contributed by atoms with Crippen LogP contribution >= 0.6 is 0 Å². The Balaban J connectivity index is 0.000000443. The van der Waals surface area contributed by atoms with Crippen LogP contribution in [0.5, 0.6) is 0 Å². The zero-order chi connectivity index (χ0) is 14.9. The summed E-state index contributed by atoms with van der Waals surface area (Å²) >= 11 is 0. The lowest BCUT2D eigenvalue weighted by molar-refractivity contribution is -0.00689. The first-order valence-electron chi connectivity index (χ1n) is 5.57. The van der Waals surface area contributed by atoms with Gasteiger partial charge in [0.25, 0.3) is 0 Å². The van der Waals surface area contributed by atoms with Crippen molar-refractivity contribution in [1.82, 2.24) is 4.98 Å². The normalized spacial score (nSPS) is 13.3. The highest BCUT2D eigenvalue weighted by Crippen LogP contribution is 2.30. The molecule has 8 heteroatoms. The number of halogens is 3. The minimum absolute atomic E-state index is 0.145. The molecule has 0 spiro atoms. The lowest BCUT2D eigenvalue weighted by atomic mass is 10.2. The number of pyridine rings is 1. The van der Waals surface area contributed by atoms with Crippen LogP contribution in [0.2, 0.25) is 0 Å². The second kappa shape index (κ2) is 8.11. The van der Waals surface area contributed by atoms with E-state index in [4.69, 9.17) is 4.55 Å². The lowest BCUT2D eigenvalue weighted by Gasteiger charge is -2.16. The molecular formula is C11H16F3NO3S. The summed E-state index contributed by atoms with van der Waals surface area (Å²) in [6.07, 6.45) is 0.694. The molecule has 1 aromatic heterocycles. The summed E-state index contributed by atoms with van der Waals surface area (Å²) in [6, 6.07) is 5.72. The fourth-order valence-corrected chi connectivity index (χ4v) is 1.47. The number of hydrogen-bond acceptors (Lipinski definition) is 3. The molecule has 0 aliphatic heterocycles. The highest BCUT2D eigenvalue weighted by atomic mass is 32.2. The molecular weight excluding hydrogens is 283 g/mol. The second-order valence-corrected chi connectivity index (χ2v) is 5.17. The standard InChI is InChI=1S/C6H11F3O3S.C5H5N/c1-2-3-4-5(7)6(8,9)13(10,11)12;1-2-4-6-5-3-1/h5H,2-4H2,1H3,(H,10,11,12);1-5H. The fourth-order valence-electron chi connectivity index (χ4n) is 1.03. The minimum Gasteiger partial charge on any atom is -0.281 e. The first-order chi connectivity index (χ1) is 8.73. The van der Waals surface area contributed by atoms with Crippen molar-refractivity contribution in [2.45, 2.75) is 37.6 Å². The first kappa shape index (κ1) is 17.8. The Morgan fingerprint density at radius 2 is 1.79 bits per heavy atom. The quantitative estimate of drug-likeness (QED) is 0.848. The molecule has 19 heavy (non-hydrogen) atoms. The Labute approximate surface area is 110 Å². The monoisotopic (exact) mass is 299 g/mol. The Morgan fingerprint density at radius 3 is 2.05 bits per heavy atom. The van der Waals surface area contributed by atoms with Crippen LogP contribution in [-0.4, -0.2) is 29.4 Å². The van der Waals surface area contributed by atoms with Gasteiger partial charge in [-0.3, -0.25) is 9.54 Å². The lowest BCUT2D eigenvalue weighted by Crippen LogP contribution is -2.38. The van der Waals surface area contributed by atoms with E-state index in [1.54, 1.807) is 19.3 Å². The van der Waals surface area contributed by atoms with Gasteiger partial charge in [-0.15, -0.1) is 0 Å². The summed E-state index contributed by atoms with van der Waals surface area (Å²) in [7, 11) is -5.64. The molecule has 110 valence electrons. The molecule has 1 aromatic rings. The largest absolute Gasteiger partial charge is 0.400 e. The van der Waals surface area contributed by atoms with Gasteiger partial charge < -0.3 is 0 Å². The third-order valence-corrected chi connectivity index (χ3v) is 3.03. The molecule has 0 aliphatic rings. The summed E-state index contributed by atoms with van der Waals surface area (Å²) in [5, 5.41) is -4.69. The fraction of sp³-hybridized carbons (Fsp3) is 0.545. The SMILES string of the molecule is CCCCC(F)C(F)(F)S(=O)(=O)O.c1ccncc1. The molecule has 1 heterocycles. The van der Waals surface area contributed by atoms with Crippen LogP contribution in [0.4, 0.5) is 13.2 Å². The predicted octanol–water partition coefficient (Wildman–Crippen LogP) is 3.08. The molecule has 1 atom stereocenters. The van der Waals surface area contributed by atoms with E-state index >= 15 is 0 Å². The van der Waals surface area contributed by atoms with Gasteiger partial charge in [0.1, 0.15) is 0 Å². The molecule has 0 saturated heterocycles. The third-order valence-electron chi connectivity index (χ3n) is 2.09. The molecule has 0 bridgehead atoms. The topological polar surface area (TPSA) is 67.3 Å². The van der Waals surface area contributed by atoms with Crippen LogP contribution < -0.4 is 0 Å². The number of aromatic nitrogens is 1. The Kier molecular flexibility index (Phi) is 7.62. The van der Waals surface area contributed by atoms with Gasteiger partial charge >= 0.3 is 15.4 Å². The maximum atomic E-state index is 12.6. The van der Waals surface area contributed by atoms with Gasteiger partial charge in [0.2, 0.25) is 0 Å². The third kappa shape index (κ3) is 6.53. The maximum absolute atomic E-state index is 12.6. The van der Waals surface area contributed by atoms with Crippen LogP contribution in [0.1, 0.15) is 26.2 Å². The number of unbranched alkanes of at least 4 members (excludes halogenated alkanes) is 1. The van der Waals surface area contributed by atoms with Crippen molar-refractivity contribution >= 4 is 10.1 Å². The summed E-state index contributed by atoms with van der Waals surface area (Å²) in [5.41, 5.74) is 0. The molecule has 1 rings (SSSR count). The highest BCUT2D eigenvalue weighted by Gasteiger charge is 2.51. The predicted molar refractivity (Wildman–Crippen MR) is 65.2 cm³/mol. The van der Waals surface area contributed by atoms with Crippen LogP contribution in [0.15, 0.2) is 30.6 Å². The zero-order valence-electron chi connectivity index (χ0n) is 10.3. The van der Waals surface area contributed by atoms with Gasteiger partial charge in [0.15, 0.2) is 6.17 Å². The van der Waals surface area contributed by atoms with Crippen molar-refractivity contribution in [3.63, 3.8) is 0 Å². The summed E-state index contributed by atoms with van der Waals surface area (Å²) in [5.74, 6) is 0. The van der Waals surface area contributed by atoms with E-state index in [1.807, 2.05) is 18.2 Å². The Bertz CT molecular complexity index is 413. The maximum Gasteiger partial charge on any atom is 0.400 e. The molecule has 1 unspecified atom stereocenters. The van der Waals surface area contributed by atoms with E-state index in [2.05, 4.69) is 4.98 Å². The van der Waals surface area contributed by atoms with E-state index in [9.17, 15) is 21.6 Å². The zero-order valence-corrected chi connectivity index (χ0v) is 11.2. The Hall–Kier alpha value is -1.15. The number of hydrogen-bond donors (Lipinski definition) is 1. The van der Waals surface area contributed by atoms with Gasteiger partial charge in [-0.25, -0.2) is 4.39 Å². The number of nitrogens with zero attached hydrogens (tertiary/aromatic N) is 1. The van der Waals surface area contributed by atoms with Crippen molar-refractivity contribution in [2.75, 3.05) is 0 Å². The number of rotatable bonds is 5. The molecule has 0 aromatic carbocycles. The molecule has 0 saturated carbocycles. The Morgan fingerprint density at radius 1 is 1.26 bits per heavy atom. The molecule has 0 radical (unpaired) electrons. The van der Waals surface area contributed by atoms with Crippen LogP contribution in [-0.2, 0) is 10.1 Å². The number of alkyl halides is 3. The molecule has 0 amide bonds. The van der Waals surface area contributed by atoms with Gasteiger partial charge in [0, 0.05) is 12.4 Å². The molecule has 0 aliphatic carbocycles. The molecule has 0 fully saturated rings. The second-order valence-electron chi connectivity index (χ2n) is 3.67. The average Bonchev–Trinajstić information content (AvgIpc) is 2.37. The van der Waals surface area contributed by atoms with Gasteiger partial charge in [-0.1, -0.05) is 25.8 Å². The average molecular weight is 299 g/mol. The van der Waals surface area contributed by atoms with E-state index in [1.165, 1.54) is 0 Å². The van der Waals surface area contributed by atoms with Crippen molar-refractivity contribution in [2.24, 2.45) is 0 Å². The molecule has 4 nitrogen and oxygen atoms in total. The summed E-state index contributed by atoms with van der Waals surface area (Å²) in [4.78, 5) is 3.78. The van der Waals surface area contributed by atoms with Crippen molar-refractivity contribution in [3.8, 4) is 0 Å². The van der Waals surface area contributed by atoms with Crippen LogP contribution in [0.3, 0.4) is 0 Å². The van der Waals surface area contributed by atoms with E-state index in [-0.39, 0.29) is 6.42 Å². The van der Waals surface area contributed by atoms with Gasteiger partial charge in [-0.05, 0) is 18.6 Å². The molecule has 1 N–H and O–H groups in total. The van der Waals surface area contributed by atoms with Gasteiger partial charge in [-0.2, -0.15) is 17.2 Å². The van der Waals surface area contributed by atoms with Crippen molar-refractivity contribution < 1.29 is 26.1 Å². The highest BCUT2D eigenvalue weighted by molar-refractivity contribution is 7.86. The minimum atomic E-state index is -5.64. The van der Waals surface area contributed by atoms with Crippen molar-refractivity contribution in [3.05, 3.63) is 30.6 Å². The van der Waals surface area contributed by atoms with E-state index < -0.39 is 28.0 Å². The summed E-state index contributed by atoms with van der Waals surface area (Å²) < 4.78 is 65.5. The van der Waals surface area contributed by atoms with Crippen LogP contribution in [0.25, 0.3) is 0 Å². The van der Waals surface area contributed by atoms with E-state index in [0.29, 0.717) is 6.42 Å². The van der Waals surface area contributed by atoms with Gasteiger partial charge in [0.05, 0.1) is 0 Å². The van der Waals surface area contributed by atoms with Crippen LogP contribution in [0, 0.1) is 0 Å². The van der Waals surface area contributed by atoms with E-state index in [0.717, 1.165) is 0 Å². The summed E-state index contributed by atoms with van der Waals surface area (Å²) in [6.45, 7) is 1.65. The first-order valence-corrected chi connectivity index (χ1v) is 7.01. The smallest absolute Gasteiger partial charge is 0.281 e.